The SMILES string of the molecule is COc1cncc(C=C(CN)B2OC(C)(C)C(C)(C)O2)c1. The molecule has 0 saturated carbocycles. The molecule has 114 valence electrons. The second kappa shape index (κ2) is 5.79. The molecule has 0 aromatic carbocycles. The monoisotopic (exact) mass is 290 g/mol. The zero-order valence-electron chi connectivity index (χ0n) is 13.3. The summed E-state index contributed by atoms with van der Waals surface area (Å²) in [6.45, 7) is 8.44. The van der Waals surface area contributed by atoms with E-state index < -0.39 is 7.12 Å². The first-order valence-electron chi connectivity index (χ1n) is 7.04. The van der Waals surface area contributed by atoms with Crippen LogP contribution in [0.15, 0.2) is 23.9 Å². The van der Waals surface area contributed by atoms with Gasteiger partial charge in [-0.05, 0) is 44.8 Å². The number of hydrogen-bond acceptors (Lipinski definition) is 5. The van der Waals surface area contributed by atoms with Crippen LogP contribution in [0.2, 0.25) is 0 Å². The first-order valence-corrected chi connectivity index (χ1v) is 7.04. The standard InChI is InChI=1S/C15H23BN2O3/c1-14(2)15(3,4)21-16(20-14)12(8-17)6-11-7-13(19-5)10-18-9-11/h6-7,9-10H,8,17H2,1-5H3. The summed E-state index contributed by atoms with van der Waals surface area (Å²) >= 11 is 0. The average molecular weight is 290 g/mol. The van der Waals surface area contributed by atoms with E-state index in [1.54, 1.807) is 19.5 Å². The number of nitrogens with zero attached hydrogens (tertiary/aromatic N) is 1. The Labute approximate surface area is 126 Å². The molecule has 1 aliphatic heterocycles. The second-order valence-corrected chi connectivity index (χ2v) is 6.17. The van der Waals surface area contributed by atoms with Gasteiger partial charge in [-0.25, -0.2) is 0 Å². The number of methoxy groups -OCH3 is 1. The van der Waals surface area contributed by atoms with E-state index in [-0.39, 0.29) is 11.2 Å². The molecule has 0 amide bonds. The summed E-state index contributed by atoms with van der Waals surface area (Å²) < 4.78 is 17.2. The Morgan fingerprint density at radius 1 is 1.29 bits per heavy atom. The Morgan fingerprint density at radius 3 is 2.43 bits per heavy atom. The molecule has 0 spiro atoms. The Bertz CT molecular complexity index is 527. The lowest BCUT2D eigenvalue weighted by Gasteiger charge is -2.32. The topological polar surface area (TPSA) is 66.6 Å². The molecule has 1 aromatic heterocycles. The highest BCUT2D eigenvalue weighted by Crippen LogP contribution is 2.38. The maximum atomic E-state index is 6.02. The molecule has 0 aliphatic carbocycles. The van der Waals surface area contributed by atoms with Crippen LogP contribution in [0.25, 0.3) is 6.08 Å². The largest absolute Gasteiger partial charge is 0.495 e. The molecule has 1 fully saturated rings. The van der Waals surface area contributed by atoms with Crippen LogP contribution in [0.5, 0.6) is 5.75 Å². The highest BCUT2D eigenvalue weighted by atomic mass is 16.7. The van der Waals surface area contributed by atoms with Crippen molar-refractivity contribution in [1.82, 2.24) is 4.98 Å². The molecule has 2 N–H and O–H groups in total. The third kappa shape index (κ3) is 3.28. The Morgan fingerprint density at radius 2 is 1.90 bits per heavy atom. The van der Waals surface area contributed by atoms with Gasteiger partial charge < -0.3 is 19.8 Å². The van der Waals surface area contributed by atoms with Gasteiger partial charge in [0.2, 0.25) is 0 Å². The minimum Gasteiger partial charge on any atom is -0.495 e. The summed E-state index contributed by atoms with van der Waals surface area (Å²) in [5.74, 6) is 0.703. The van der Waals surface area contributed by atoms with Gasteiger partial charge in [0.1, 0.15) is 5.75 Å². The van der Waals surface area contributed by atoms with Gasteiger partial charge in [0.15, 0.2) is 0 Å². The first-order chi connectivity index (χ1) is 9.79. The normalized spacial score (nSPS) is 20.7. The Balaban J connectivity index is 2.26. The van der Waals surface area contributed by atoms with Crippen LogP contribution in [0.3, 0.4) is 0 Å². The van der Waals surface area contributed by atoms with E-state index >= 15 is 0 Å². The molecule has 1 saturated heterocycles. The minimum atomic E-state index is -0.439. The fraction of sp³-hybridized carbons (Fsp3) is 0.533. The summed E-state index contributed by atoms with van der Waals surface area (Å²) in [4.78, 5) is 4.13. The van der Waals surface area contributed by atoms with Crippen LogP contribution in [-0.4, -0.2) is 37.0 Å². The van der Waals surface area contributed by atoms with Crippen molar-refractivity contribution >= 4 is 13.2 Å². The lowest BCUT2D eigenvalue weighted by atomic mass is 9.77. The van der Waals surface area contributed by atoms with E-state index in [1.165, 1.54) is 0 Å². The second-order valence-electron chi connectivity index (χ2n) is 6.17. The number of ether oxygens (including phenoxy) is 1. The molecule has 0 radical (unpaired) electrons. The molecule has 5 nitrogen and oxygen atoms in total. The lowest BCUT2D eigenvalue weighted by Crippen LogP contribution is -2.41. The smallest absolute Gasteiger partial charge is 0.491 e. The quantitative estimate of drug-likeness (QED) is 0.860. The summed E-state index contributed by atoms with van der Waals surface area (Å²) in [7, 11) is 1.17. The van der Waals surface area contributed by atoms with Crippen LogP contribution in [0.4, 0.5) is 0 Å². The van der Waals surface area contributed by atoms with Crippen molar-refractivity contribution in [2.45, 2.75) is 38.9 Å². The number of rotatable bonds is 4. The van der Waals surface area contributed by atoms with E-state index in [4.69, 9.17) is 19.8 Å². The highest BCUT2D eigenvalue weighted by molar-refractivity contribution is 6.55. The van der Waals surface area contributed by atoms with Gasteiger partial charge in [-0.2, -0.15) is 0 Å². The molecule has 21 heavy (non-hydrogen) atoms. The molecule has 0 unspecified atom stereocenters. The summed E-state index contributed by atoms with van der Waals surface area (Å²) in [6, 6.07) is 1.90. The molecule has 6 heteroatoms. The van der Waals surface area contributed by atoms with E-state index in [1.807, 2.05) is 39.8 Å². The molecule has 1 aliphatic rings. The van der Waals surface area contributed by atoms with Crippen molar-refractivity contribution in [3.63, 3.8) is 0 Å². The molecule has 2 rings (SSSR count). The first kappa shape index (κ1) is 16.0. The minimum absolute atomic E-state index is 0.355. The Hall–Kier alpha value is -1.37. The van der Waals surface area contributed by atoms with Gasteiger partial charge >= 0.3 is 7.12 Å². The van der Waals surface area contributed by atoms with Crippen molar-refractivity contribution in [2.75, 3.05) is 13.7 Å². The van der Waals surface area contributed by atoms with E-state index in [9.17, 15) is 0 Å². The average Bonchev–Trinajstić information content (AvgIpc) is 2.65. The summed E-state index contributed by atoms with van der Waals surface area (Å²) in [5, 5.41) is 0. The number of aromatic nitrogens is 1. The van der Waals surface area contributed by atoms with Crippen molar-refractivity contribution < 1.29 is 14.0 Å². The summed E-state index contributed by atoms with van der Waals surface area (Å²) in [5.41, 5.74) is 6.90. The van der Waals surface area contributed by atoms with Gasteiger partial charge in [0.25, 0.3) is 0 Å². The van der Waals surface area contributed by atoms with E-state index in [0.717, 1.165) is 11.0 Å². The Kier molecular flexibility index (Phi) is 4.42. The summed E-state index contributed by atoms with van der Waals surface area (Å²) in [6.07, 6.45) is 5.36. The van der Waals surface area contributed by atoms with Crippen LogP contribution < -0.4 is 10.5 Å². The van der Waals surface area contributed by atoms with E-state index in [2.05, 4.69) is 4.98 Å². The predicted molar refractivity (Wildman–Crippen MR) is 83.9 cm³/mol. The van der Waals surface area contributed by atoms with Crippen molar-refractivity contribution in [3.05, 3.63) is 29.5 Å². The number of nitrogens with two attached hydrogens (primary N) is 1. The predicted octanol–water partition coefficient (Wildman–Crippen LogP) is 2.06. The molecule has 0 bridgehead atoms. The third-order valence-corrected chi connectivity index (χ3v) is 4.11. The van der Waals surface area contributed by atoms with E-state index in [0.29, 0.717) is 12.3 Å². The van der Waals surface area contributed by atoms with Gasteiger partial charge in [-0.3, -0.25) is 4.98 Å². The fourth-order valence-corrected chi connectivity index (χ4v) is 2.06. The molecule has 2 heterocycles. The fourth-order valence-electron chi connectivity index (χ4n) is 2.06. The number of hydrogen-bond donors (Lipinski definition) is 1. The third-order valence-electron chi connectivity index (χ3n) is 4.11. The maximum absolute atomic E-state index is 6.02. The van der Waals surface area contributed by atoms with Crippen LogP contribution in [0.1, 0.15) is 33.3 Å². The van der Waals surface area contributed by atoms with Crippen molar-refractivity contribution in [3.8, 4) is 5.75 Å². The number of pyridine rings is 1. The lowest BCUT2D eigenvalue weighted by molar-refractivity contribution is 0.00578. The van der Waals surface area contributed by atoms with Crippen LogP contribution >= 0.6 is 0 Å². The molecule has 1 aromatic rings. The maximum Gasteiger partial charge on any atom is 0.491 e. The zero-order valence-corrected chi connectivity index (χ0v) is 13.3. The van der Waals surface area contributed by atoms with Gasteiger partial charge in [-0.15, -0.1) is 0 Å². The van der Waals surface area contributed by atoms with Gasteiger partial charge in [-0.1, -0.05) is 6.08 Å². The van der Waals surface area contributed by atoms with Crippen molar-refractivity contribution in [2.24, 2.45) is 5.73 Å². The van der Waals surface area contributed by atoms with Crippen LogP contribution in [-0.2, 0) is 9.31 Å². The zero-order chi connectivity index (χ0) is 15.7. The van der Waals surface area contributed by atoms with Crippen LogP contribution in [0, 0.1) is 0 Å². The van der Waals surface area contributed by atoms with Gasteiger partial charge in [0, 0.05) is 12.7 Å². The molecule has 0 atom stereocenters. The van der Waals surface area contributed by atoms with Crippen molar-refractivity contribution in [1.29, 1.82) is 0 Å². The highest BCUT2D eigenvalue weighted by Gasteiger charge is 2.52. The van der Waals surface area contributed by atoms with Gasteiger partial charge in [0.05, 0.1) is 24.5 Å². The molecular weight excluding hydrogens is 267 g/mol. The molecular formula is C15H23BN2O3.